The third kappa shape index (κ3) is 3.84. The van der Waals surface area contributed by atoms with Crippen molar-refractivity contribution >= 4 is 18.9 Å². The summed E-state index contributed by atoms with van der Waals surface area (Å²) in [5, 5.41) is 17.3. The molecule has 13 heavy (non-hydrogen) atoms. The van der Waals surface area contributed by atoms with Gasteiger partial charge in [-0.1, -0.05) is 24.3 Å². The first-order chi connectivity index (χ1) is 6.24. The molecule has 0 unspecified atom stereocenters. The highest BCUT2D eigenvalue weighted by Crippen LogP contribution is 1.91. The molecule has 0 aromatic heterocycles. The maximum atomic E-state index is 10.2. The van der Waals surface area contributed by atoms with Gasteiger partial charge in [0.25, 0.3) is 0 Å². The Morgan fingerprint density at radius 1 is 1.23 bits per heavy atom. The number of rotatable bonds is 2. The summed E-state index contributed by atoms with van der Waals surface area (Å²) in [6, 6.07) is 6.05. The van der Waals surface area contributed by atoms with Gasteiger partial charge in [0.1, 0.15) is 6.29 Å². The van der Waals surface area contributed by atoms with Crippen molar-refractivity contribution in [2.75, 3.05) is 7.05 Å². The lowest BCUT2D eigenvalue weighted by Crippen LogP contribution is -2.29. The molecule has 4 nitrogen and oxygen atoms in total. The molecule has 5 heteroatoms. The molecule has 1 rings (SSSR count). The Balaban J connectivity index is 0.000000671. The summed E-state index contributed by atoms with van der Waals surface area (Å²) in [5.41, 5.74) is 5.41. The predicted molar refractivity (Wildman–Crippen MR) is 51.8 cm³/mol. The number of hydrogen-bond acceptors (Lipinski definition) is 4. The Morgan fingerprint density at radius 2 is 1.69 bits per heavy atom. The van der Waals surface area contributed by atoms with Crippen molar-refractivity contribution in [3.8, 4) is 0 Å². The van der Waals surface area contributed by atoms with Gasteiger partial charge >= 0.3 is 7.12 Å². The minimum absolute atomic E-state index is 0.385. The molecule has 1 aromatic carbocycles. The van der Waals surface area contributed by atoms with Crippen molar-refractivity contribution < 1.29 is 14.8 Å². The van der Waals surface area contributed by atoms with Crippen LogP contribution < -0.4 is 11.2 Å². The fourth-order valence-corrected chi connectivity index (χ4v) is 0.747. The van der Waals surface area contributed by atoms with E-state index in [1.807, 2.05) is 0 Å². The molecule has 0 fully saturated rings. The number of carbonyl (C=O) groups is 1. The molecule has 0 atom stereocenters. The van der Waals surface area contributed by atoms with Crippen LogP contribution in [0, 0.1) is 0 Å². The van der Waals surface area contributed by atoms with Crippen molar-refractivity contribution in [3.63, 3.8) is 0 Å². The summed E-state index contributed by atoms with van der Waals surface area (Å²) in [6.45, 7) is 0. The molecular formula is C8H12BNO3. The fourth-order valence-electron chi connectivity index (χ4n) is 0.747. The van der Waals surface area contributed by atoms with E-state index >= 15 is 0 Å². The van der Waals surface area contributed by atoms with Gasteiger partial charge in [-0.2, -0.15) is 0 Å². The van der Waals surface area contributed by atoms with Crippen LogP contribution in [0.5, 0.6) is 0 Å². The lowest BCUT2D eigenvalue weighted by Gasteiger charge is -1.97. The molecule has 0 bridgehead atoms. The minimum atomic E-state index is -1.46. The smallest absolute Gasteiger partial charge is 0.423 e. The van der Waals surface area contributed by atoms with Gasteiger partial charge in [0.2, 0.25) is 0 Å². The summed E-state index contributed by atoms with van der Waals surface area (Å²) in [5.74, 6) is 0. The van der Waals surface area contributed by atoms with Crippen LogP contribution >= 0.6 is 0 Å². The lowest BCUT2D eigenvalue weighted by atomic mass is 9.80. The molecule has 0 saturated carbocycles. The second-order valence-corrected chi connectivity index (χ2v) is 2.16. The van der Waals surface area contributed by atoms with Crippen LogP contribution in [0.4, 0.5) is 0 Å². The first kappa shape index (κ1) is 11.8. The van der Waals surface area contributed by atoms with Gasteiger partial charge < -0.3 is 15.8 Å². The molecule has 0 aliphatic carbocycles. The zero-order chi connectivity index (χ0) is 10.3. The van der Waals surface area contributed by atoms with Gasteiger partial charge in [-0.3, -0.25) is 4.79 Å². The van der Waals surface area contributed by atoms with Crippen molar-refractivity contribution in [1.29, 1.82) is 0 Å². The SMILES string of the molecule is CN.O=Cc1ccc(B(O)O)cc1. The van der Waals surface area contributed by atoms with Gasteiger partial charge in [-0.15, -0.1) is 0 Å². The molecule has 1 aromatic rings. The van der Waals surface area contributed by atoms with Crippen LogP contribution in [-0.2, 0) is 0 Å². The first-order valence-corrected chi connectivity index (χ1v) is 3.73. The number of hydrogen-bond donors (Lipinski definition) is 3. The third-order valence-corrected chi connectivity index (χ3v) is 1.37. The molecule has 0 aliphatic heterocycles. The summed E-state index contributed by atoms with van der Waals surface area (Å²) >= 11 is 0. The Hall–Kier alpha value is -1.17. The molecular weight excluding hydrogens is 169 g/mol. The lowest BCUT2D eigenvalue weighted by molar-refractivity contribution is 0.112. The first-order valence-electron chi connectivity index (χ1n) is 3.73. The summed E-state index contributed by atoms with van der Waals surface area (Å²) < 4.78 is 0. The van der Waals surface area contributed by atoms with E-state index < -0.39 is 7.12 Å². The van der Waals surface area contributed by atoms with Crippen LogP contribution in [0.3, 0.4) is 0 Å². The highest BCUT2D eigenvalue weighted by atomic mass is 16.4. The van der Waals surface area contributed by atoms with Gasteiger partial charge in [-0.05, 0) is 12.5 Å². The second kappa shape index (κ2) is 6.36. The molecule has 0 radical (unpaired) electrons. The maximum absolute atomic E-state index is 10.2. The van der Waals surface area contributed by atoms with Crippen molar-refractivity contribution in [3.05, 3.63) is 29.8 Å². The molecule has 4 N–H and O–H groups in total. The van der Waals surface area contributed by atoms with E-state index in [1.165, 1.54) is 31.3 Å². The van der Waals surface area contributed by atoms with Crippen LogP contribution in [0.25, 0.3) is 0 Å². The maximum Gasteiger partial charge on any atom is 0.488 e. The van der Waals surface area contributed by atoms with Crippen LogP contribution in [0.1, 0.15) is 10.4 Å². The van der Waals surface area contributed by atoms with E-state index in [9.17, 15) is 4.79 Å². The van der Waals surface area contributed by atoms with E-state index in [0.717, 1.165) is 0 Å². The number of benzene rings is 1. The Kier molecular flexibility index (Phi) is 5.79. The second-order valence-electron chi connectivity index (χ2n) is 2.16. The quantitative estimate of drug-likeness (QED) is 0.393. The topological polar surface area (TPSA) is 83.6 Å². The molecule has 70 valence electrons. The molecule has 0 spiro atoms. The van der Waals surface area contributed by atoms with Crippen LogP contribution in [0.2, 0.25) is 0 Å². The van der Waals surface area contributed by atoms with E-state index in [1.54, 1.807) is 0 Å². The van der Waals surface area contributed by atoms with E-state index in [0.29, 0.717) is 17.3 Å². The number of carbonyl (C=O) groups excluding carboxylic acids is 1. The predicted octanol–water partition coefficient (Wildman–Crippen LogP) is -1.25. The average molecular weight is 181 g/mol. The van der Waals surface area contributed by atoms with Gasteiger partial charge in [0.15, 0.2) is 0 Å². The summed E-state index contributed by atoms with van der Waals surface area (Å²) in [7, 11) is 0.0377. The Labute approximate surface area is 77.1 Å². The van der Waals surface area contributed by atoms with Crippen molar-refractivity contribution in [2.45, 2.75) is 0 Å². The fraction of sp³-hybridized carbons (Fsp3) is 0.125. The number of nitrogens with two attached hydrogens (primary N) is 1. The number of aldehydes is 1. The van der Waals surface area contributed by atoms with Crippen molar-refractivity contribution in [2.24, 2.45) is 5.73 Å². The van der Waals surface area contributed by atoms with Crippen LogP contribution in [-0.4, -0.2) is 30.5 Å². The Morgan fingerprint density at radius 3 is 2.00 bits per heavy atom. The van der Waals surface area contributed by atoms with Gasteiger partial charge in [0, 0.05) is 5.56 Å². The average Bonchev–Trinajstić information content (AvgIpc) is 2.21. The van der Waals surface area contributed by atoms with Gasteiger partial charge in [0.05, 0.1) is 0 Å². The largest absolute Gasteiger partial charge is 0.488 e. The standard InChI is InChI=1S/C7H7BO3.CH5N/c9-5-6-1-3-7(4-2-6)8(10)11;1-2/h1-5,10-11H;2H2,1H3. The van der Waals surface area contributed by atoms with E-state index in [2.05, 4.69) is 5.73 Å². The zero-order valence-electron chi connectivity index (χ0n) is 7.34. The van der Waals surface area contributed by atoms with Crippen LogP contribution in [0.15, 0.2) is 24.3 Å². The zero-order valence-corrected chi connectivity index (χ0v) is 7.34. The van der Waals surface area contributed by atoms with E-state index in [4.69, 9.17) is 10.0 Å². The van der Waals surface area contributed by atoms with E-state index in [-0.39, 0.29) is 0 Å². The van der Waals surface area contributed by atoms with Crippen molar-refractivity contribution in [1.82, 2.24) is 0 Å². The molecule has 0 aliphatic rings. The monoisotopic (exact) mass is 181 g/mol. The highest BCUT2D eigenvalue weighted by Gasteiger charge is 2.08. The van der Waals surface area contributed by atoms with Gasteiger partial charge in [-0.25, -0.2) is 0 Å². The normalized spacial score (nSPS) is 8.31. The summed E-state index contributed by atoms with van der Waals surface area (Å²) in [6.07, 6.45) is 0.702. The third-order valence-electron chi connectivity index (χ3n) is 1.37. The molecule has 0 amide bonds. The summed E-state index contributed by atoms with van der Waals surface area (Å²) in [4.78, 5) is 10.2. The minimum Gasteiger partial charge on any atom is -0.423 e. The Bertz CT molecular complexity index is 248. The highest BCUT2D eigenvalue weighted by molar-refractivity contribution is 6.58. The molecule has 0 saturated heterocycles. The molecule has 0 heterocycles.